The lowest BCUT2D eigenvalue weighted by atomic mass is 9.83. The molecule has 3 rings (SSSR count). The Morgan fingerprint density at radius 2 is 1.47 bits per heavy atom. The number of rotatable bonds is 5. The zero-order chi connectivity index (χ0) is 13.1. The summed E-state index contributed by atoms with van der Waals surface area (Å²) >= 11 is 0. The normalized spacial score (nSPS) is 34.6. The van der Waals surface area contributed by atoms with E-state index in [4.69, 9.17) is 0 Å². The van der Waals surface area contributed by atoms with E-state index in [1.165, 1.54) is 77.4 Å². The third-order valence-corrected chi connectivity index (χ3v) is 5.83. The Balaban J connectivity index is 1.35. The van der Waals surface area contributed by atoms with E-state index in [2.05, 4.69) is 17.1 Å². The highest BCUT2D eigenvalue weighted by molar-refractivity contribution is 4.86. The minimum atomic E-state index is 0.823. The van der Waals surface area contributed by atoms with Gasteiger partial charge in [0.1, 0.15) is 0 Å². The van der Waals surface area contributed by atoms with Crippen LogP contribution in [0.2, 0.25) is 0 Å². The van der Waals surface area contributed by atoms with Gasteiger partial charge in [-0.15, -0.1) is 0 Å². The van der Waals surface area contributed by atoms with Gasteiger partial charge in [0, 0.05) is 12.1 Å². The first-order valence-corrected chi connectivity index (χ1v) is 8.82. The standard InChI is InChI=1S/C17H32N2/c1-2-14-5-7-17(8-6-14)19-11-9-16(10-12-19)18-13-15-3-4-15/h14-18H,2-13H2,1H3. The van der Waals surface area contributed by atoms with Gasteiger partial charge in [0.25, 0.3) is 0 Å². The van der Waals surface area contributed by atoms with Crippen molar-refractivity contribution >= 4 is 0 Å². The summed E-state index contributed by atoms with van der Waals surface area (Å²) in [7, 11) is 0. The Labute approximate surface area is 119 Å². The van der Waals surface area contributed by atoms with Gasteiger partial charge in [0.15, 0.2) is 0 Å². The molecule has 2 saturated carbocycles. The highest BCUT2D eigenvalue weighted by Gasteiger charge is 2.29. The van der Waals surface area contributed by atoms with E-state index in [0.29, 0.717) is 0 Å². The van der Waals surface area contributed by atoms with Crippen LogP contribution in [0.4, 0.5) is 0 Å². The summed E-state index contributed by atoms with van der Waals surface area (Å²) in [6, 6.07) is 1.75. The molecular weight excluding hydrogens is 232 g/mol. The molecule has 1 heterocycles. The zero-order valence-electron chi connectivity index (χ0n) is 12.7. The van der Waals surface area contributed by atoms with E-state index in [-0.39, 0.29) is 0 Å². The molecule has 0 bridgehead atoms. The van der Waals surface area contributed by atoms with Gasteiger partial charge in [-0.05, 0) is 82.8 Å². The van der Waals surface area contributed by atoms with Crippen LogP contribution < -0.4 is 5.32 Å². The molecule has 0 aromatic rings. The molecule has 0 aromatic heterocycles. The van der Waals surface area contributed by atoms with Crippen molar-refractivity contribution in [3.05, 3.63) is 0 Å². The van der Waals surface area contributed by atoms with Crippen molar-refractivity contribution in [2.75, 3.05) is 19.6 Å². The first-order valence-electron chi connectivity index (χ1n) is 8.82. The Kier molecular flexibility index (Phi) is 4.81. The summed E-state index contributed by atoms with van der Waals surface area (Å²) in [6.07, 6.45) is 13.1. The van der Waals surface area contributed by atoms with E-state index in [0.717, 1.165) is 23.9 Å². The quantitative estimate of drug-likeness (QED) is 0.818. The van der Waals surface area contributed by atoms with Crippen LogP contribution in [0.25, 0.3) is 0 Å². The maximum absolute atomic E-state index is 3.80. The van der Waals surface area contributed by atoms with Crippen molar-refractivity contribution < 1.29 is 0 Å². The van der Waals surface area contributed by atoms with Crippen LogP contribution in [0.5, 0.6) is 0 Å². The molecule has 1 saturated heterocycles. The van der Waals surface area contributed by atoms with Crippen molar-refractivity contribution in [3.8, 4) is 0 Å². The molecule has 1 N–H and O–H groups in total. The van der Waals surface area contributed by atoms with Crippen LogP contribution in [0.1, 0.15) is 64.7 Å². The smallest absolute Gasteiger partial charge is 0.00954 e. The average Bonchev–Trinajstić information content (AvgIpc) is 3.30. The Hall–Kier alpha value is -0.0800. The lowest BCUT2D eigenvalue weighted by molar-refractivity contribution is 0.101. The van der Waals surface area contributed by atoms with Gasteiger partial charge >= 0.3 is 0 Å². The molecule has 0 radical (unpaired) electrons. The molecule has 110 valence electrons. The van der Waals surface area contributed by atoms with Gasteiger partial charge in [-0.1, -0.05) is 13.3 Å². The van der Waals surface area contributed by atoms with Gasteiger partial charge < -0.3 is 10.2 Å². The average molecular weight is 264 g/mol. The molecule has 3 fully saturated rings. The summed E-state index contributed by atoms with van der Waals surface area (Å²) in [5, 5.41) is 3.80. The molecule has 1 aliphatic heterocycles. The van der Waals surface area contributed by atoms with Crippen LogP contribution in [0.3, 0.4) is 0 Å². The number of nitrogens with one attached hydrogen (secondary N) is 1. The van der Waals surface area contributed by atoms with Gasteiger partial charge in [-0.2, -0.15) is 0 Å². The summed E-state index contributed by atoms with van der Waals surface area (Å²) in [4.78, 5) is 2.81. The predicted molar refractivity (Wildman–Crippen MR) is 81.4 cm³/mol. The fourth-order valence-electron chi connectivity index (χ4n) is 4.04. The van der Waals surface area contributed by atoms with Gasteiger partial charge in [-0.3, -0.25) is 0 Å². The van der Waals surface area contributed by atoms with E-state index < -0.39 is 0 Å². The van der Waals surface area contributed by atoms with Crippen molar-refractivity contribution in [1.29, 1.82) is 0 Å². The van der Waals surface area contributed by atoms with E-state index in [1.807, 2.05) is 0 Å². The molecule has 0 atom stereocenters. The minimum absolute atomic E-state index is 0.823. The number of hydrogen-bond donors (Lipinski definition) is 1. The zero-order valence-corrected chi connectivity index (χ0v) is 12.7. The topological polar surface area (TPSA) is 15.3 Å². The lowest BCUT2D eigenvalue weighted by Gasteiger charge is -2.41. The number of nitrogens with zero attached hydrogens (tertiary/aromatic N) is 1. The summed E-state index contributed by atoms with van der Waals surface area (Å²) in [6.45, 7) is 6.36. The highest BCUT2D eigenvalue weighted by Crippen LogP contribution is 2.31. The second kappa shape index (κ2) is 6.58. The molecular formula is C17H32N2. The Morgan fingerprint density at radius 1 is 0.842 bits per heavy atom. The molecule has 2 heteroatoms. The largest absolute Gasteiger partial charge is 0.314 e. The molecule has 19 heavy (non-hydrogen) atoms. The van der Waals surface area contributed by atoms with Gasteiger partial charge in [0.2, 0.25) is 0 Å². The van der Waals surface area contributed by atoms with Crippen LogP contribution in [-0.4, -0.2) is 36.6 Å². The van der Waals surface area contributed by atoms with Crippen molar-refractivity contribution in [2.24, 2.45) is 11.8 Å². The second-order valence-corrected chi connectivity index (χ2v) is 7.24. The van der Waals surface area contributed by atoms with E-state index in [1.54, 1.807) is 0 Å². The highest BCUT2D eigenvalue weighted by atomic mass is 15.2. The minimum Gasteiger partial charge on any atom is -0.314 e. The molecule has 0 unspecified atom stereocenters. The monoisotopic (exact) mass is 264 g/mol. The number of hydrogen-bond acceptors (Lipinski definition) is 2. The van der Waals surface area contributed by atoms with Crippen molar-refractivity contribution in [3.63, 3.8) is 0 Å². The predicted octanol–water partition coefficient (Wildman–Crippen LogP) is 3.42. The van der Waals surface area contributed by atoms with E-state index >= 15 is 0 Å². The fourth-order valence-corrected chi connectivity index (χ4v) is 4.04. The Bertz CT molecular complexity index is 258. The Morgan fingerprint density at radius 3 is 2.05 bits per heavy atom. The SMILES string of the molecule is CCC1CCC(N2CCC(NCC3CC3)CC2)CC1. The van der Waals surface area contributed by atoms with Crippen LogP contribution in [0.15, 0.2) is 0 Å². The summed E-state index contributed by atoms with van der Waals surface area (Å²) in [5.74, 6) is 2.07. The van der Waals surface area contributed by atoms with Gasteiger partial charge in [0.05, 0.1) is 0 Å². The van der Waals surface area contributed by atoms with Crippen molar-refractivity contribution in [1.82, 2.24) is 10.2 Å². The van der Waals surface area contributed by atoms with E-state index in [9.17, 15) is 0 Å². The maximum Gasteiger partial charge on any atom is 0.00954 e. The first kappa shape index (κ1) is 13.9. The third-order valence-electron chi connectivity index (χ3n) is 5.83. The fraction of sp³-hybridized carbons (Fsp3) is 1.00. The van der Waals surface area contributed by atoms with Crippen LogP contribution in [0, 0.1) is 11.8 Å². The molecule has 0 aromatic carbocycles. The lowest BCUT2D eigenvalue weighted by Crippen LogP contribution is -2.47. The van der Waals surface area contributed by atoms with Crippen LogP contribution >= 0.6 is 0 Å². The molecule has 2 nitrogen and oxygen atoms in total. The molecule has 0 amide bonds. The molecule has 0 spiro atoms. The van der Waals surface area contributed by atoms with Crippen LogP contribution in [-0.2, 0) is 0 Å². The summed E-state index contributed by atoms with van der Waals surface area (Å²) in [5.41, 5.74) is 0. The summed E-state index contributed by atoms with van der Waals surface area (Å²) < 4.78 is 0. The number of piperidine rings is 1. The maximum atomic E-state index is 3.80. The van der Waals surface area contributed by atoms with Crippen molar-refractivity contribution in [2.45, 2.75) is 76.8 Å². The molecule has 2 aliphatic carbocycles. The van der Waals surface area contributed by atoms with Gasteiger partial charge in [-0.25, -0.2) is 0 Å². The third kappa shape index (κ3) is 3.95. The molecule has 3 aliphatic rings. The number of likely N-dealkylation sites (tertiary alicyclic amines) is 1. The first-order chi connectivity index (χ1) is 9.35. The second-order valence-electron chi connectivity index (χ2n) is 7.24.